The van der Waals surface area contributed by atoms with Crippen LogP contribution in [0.4, 0.5) is 0 Å². The number of nitriles is 1. The first-order valence-corrected chi connectivity index (χ1v) is 5.54. The molecular weight excluding hydrogens is 212 g/mol. The summed E-state index contributed by atoms with van der Waals surface area (Å²) >= 11 is 0. The summed E-state index contributed by atoms with van der Waals surface area (Å²) < 4.78 is 1.83. The van der Waals surface area contributed by atoms with Crippen LogP contribution in [0, 0.1) is 18.3 Å². The molecule has 0 spiro atoms. The zero-order chi connectivity index (χ0) is 12.3. The van der Waals surface area contributed by atoms with Crippen LogP contribution in [0.25, 0.3) is 0 Å². The van der Waals surface area contributed by atoms with Crippen molar-refractivity contribution in [1.29, 1.82) is 5.26 Å². The van der Waals surface area contributed by atoms with Crippen LogP contribution in [0.1, 0.15) is 22.9 Å². The summed E-state index contributed by atoms with van der Waals surface area (Å²) in [6, 6.07) is 8.06. The minimum atomic E-state index is 0.651. The normalized spacial score (nSPS) is 10.2. The number of imidazole rings is 1. The molecule has 2 rings (SSSR count). The Labute approximate surface area is 101 Å². The van der Waals surface area contributed by atoms with E-state index in [4.69, 9.17) is 5.26 Å². The van der Waals surface area contributed by atoms with Crippen LogP contribution >= 0.6 is 0 Å². The van der Waals surface area contributed by atoms with Crippen LogP contribution in [0.15, 0.2) is 24.4 Å². The monoisotopic (exact) mass is 226 g/mol. The lowest BCUT2D eigenvalue weighted by Crippen LogP contribution is -1.98. The third-order valence-electron chi connectivity index (χ3n) is 2.84. The highest BCUT2D eigenvalue weighted by Gasteiger charge is 2.11. The molecule has 0 aromatic carbocycles. The molecule has 0 bridgehead atoms. The van der Waals surface area contributed by atoms with Gasteiger partial charge in [-0.3, -0.25) is 4.98 Å². The van der Waals surface area contributed by atoms with E-state index in [1.165, 1.54) is 0 Å². The van der Waals surface area contributed by atoms with Crippen molar-refractivity contribution >= 4 is 0 Å². The van der Waals surface area contributed by atoms with Crippen LogP contribution in [0.5, 0.6) is 0 Å². The molecule has 0 N–H and O–H groups in total. The Morgan fingerprint density at radius 2 is 2.18 bits per heavy atom. The zero-order valence-electron chi connectivity index (χ0n) is 10.0. The fourth-order valence-electron chi connectivity index (χ4n) is 1.78. The second-order valence-electron chi connectivity index (χ2n) is 3.95. The highest BCUT2D eigenvalue weighted by atomic mass is 15.1. The summed E-state index contributed by atoms with van der Waals surface area (Å²) in [7, 11) is 1.87. The van der Waals surface area contributed by atoms with Gasteiger partial charge in [-0.2, -0.15) is 5.26 Å². The molecule has 86 valence electrons. The molecule has 2 aromatic heterocycles. The Balaban J connectivity index is 2.15. The molecule has 17 heavy (non-hydrogen) atoms. The van der Waals surface area contributed by atoms with Gasteiger partial charge in [0, 0.05) is 18.9 Å². The van der Waals surface area contributed by atoms with E-state index in [9.17, 15) is 0 Å². The highest BCUT2D eigenvalue weighted by molar-refractivity contribution is 5.29. The molecule has 0 aliphatic heterocycles. The predicted octanol–water partition coefficient (Wildman–Crippen LogP) is 1.78. The van der Waals surface area contributed by atoms with E-state index < -0.39 is 0 Å². The Morgan fingerprint density at radius 3 is 2.82 bits per heavy atom. The van der Waals surface area contributed by atoms with Crippen LogP contribution in [0.2, 0.25) is 0 Å². The number of hydrogen-bond donors (Lipinski definition) is 0. The van der Waals surface area contributed by atoms with Gasteiger partial charge in [-0.15, -0.1) is 0 Å². The molecule has 4 nitrogen and oxygen atoms in total. The summed E-state index contributed by atoms with van der Waals surface area (Å²) in [6.45, 7) is 1.91. The summed E-state index contributed by atoms with van der Waals surface area (Å²) in [4.78, 5) is 8.67. The number of pyridine rings is 1. The smallest absolute Gasteiger partial charge is 0.143 e. The number of aryl methyl sites for hydroxylation is 3. The van der Waals surface area contributed by atoms with Gasteiger partial charge in [0.15, 0.2) is 0 Å². The molecular formula is C13H14N4. The molecule has 0 atom stereocenters. The Bertz CT molecular complexity index is 549. The summed E-state index contributed by atoms with van der Waals surface area (Å²) in [5, 5.41) is 9.08. The van der Waals surface area contributed by atoms with Gasteiger partial charge >= 0.3 is 0 Å². The molecule has 0 amide bonds. The van der Waals surface area contributed by atoms with Crippen molar-refractivity contribution in [2.24, 2.45) is 7.05 Å². The van der Waals surface area contributed by atoms with Crippen molar-refractivity contribution in [3.05, 3.63) is 47.3 Å². The van der Waals surface area contributed by atoms with E-state index >= 15 is 0 Å². The Kier molecular flexibility index (Phi) is 3.20. The number of aromatic nitrogens is 3. The Hall–Kier alpha value is -2.15. The lowest BCUT2D eigenvalue weighted by Gasteiger charge is -1.99. The summed E-state index contributed by atoms with van der Waals surface area (Å²) in [5.41, 5.74) is 2.54. The van der Waals surface area contributed by atoms with Crippen molar-refractivity contribution in [1.82, 2.24) is 14.5 Å². The fourth-order valence-corrected chi connectivity index (χ4v) is 1.78. The van der Waals surface area contributed by atoms with Crippen molar-refractivity contribution in [2.75, 3.05) is 0 Å². The third-order valence-corrected chi connectivity index (χ3v) is 2.84. The van der Waals surface area contributed by atoms with Crippen LogP contribution in [-0.4, -0.2) is 14.5 Å². The van der Waals surface area contributed by atoms with Gasteiger partial charge in [0.25, 0.3) is 0 Å². The summed E-state index contributed by atoms with van der Waals surface area (Å²) in [6.07, 6.45) is 3.35. The van der Waals surface area contributed by atoms with Gasteiger partial charge in [0.2, 0.25) is 0 Å². The first-order valence-electron chi connectivity index (χ1n) is 5.54. The maximum atomic E-state index is 9.08. The van der Waals surface area contributed by atoms with E-state index in [2.05, 4.69) is 16.0 Å². The maximum absolute atomic E-state index is 9.08. The van der Waals surface area contributed by atoms with Gasteiger partial charge < -0.3 is 4.57 Å². The van der Waals surface area contributed by atoms with E-state index in [0.29, 0.717) is 5.69 Å². The average molecular weight is 226 g/mol. The predicted molar refractivity (Wildman–Crippen MR) is 64.3 cm³/mol. The Morgan fingerprint density at radius 1 is 1.35 bits per heavy atom. The lowest BCUT2D eigenvalue weighted by atomic mass is 10.1. The van der Waals surface area contributed by atoms with E-state index in [1.54, 1.807) is 6.20 Å². The molecule has 0 radical (unpaired) electrons. The molecule has 0 saturated heterocycles. The minimum Gasteiger partial charge on any atom is -0.323 e. The van der Waals surface area contributed by atoms with E-state index in [0.717, 1.165) is 30.1 Å². The van der Waals surface area contributed by atoms with Gasteiger partial charge in [0.1, 0.15) is 17.6 Å². The van der Waals surface area contributed by atoms with Gasteiger partial charge in [-0.1, -0.05) is 6.07 Å². The molecule has 0 fully saturated rings. The lowest BCUT2D eigenvalue weighted by molar-refractivity contribution is 0.843. The molecule has 0 aliphatic rings. The molecule has 0 unspecified atom stereocenters. The molecule has 0 aliphatic carbocycles. The van der Waals surface area contributed by atoms with Crippen molar-refractivity contribution in [3.8, 4) is 6.07 Å². The molecule has 2 heterocycles. The third kappa shape index (κ3) is 2.34. The largest absolute Gasteiger partial charge is 0.323 e. The minimum absolute atomic E-state index is 0.651. The van der Waals surface area contributed by atoms with Crippen molar-refractivity contribution in [3.63, 3.8) is 0 Å². The quantitative estimate of drug-likeness (QED) is 0.801. The molecule has 4 heteroatoms. The second kappa shape index (κ2) is 4.79. The van der Waals surface area contributed by atoms with Crippen LogP contribution in [-0.2, 0) is 19.9 Å². The average Bonchev–Trinajstić information content (AvgIpc) is 2.63. The SMILES string of the molecule is Cc1nc(CCc2ccccn2)c(C#N)n1C. The molecule has 0 saturated carbocycles. The highest BCUT2D eigenvalue weighted by Crippen LogP contribution is 2.11. The standard InChI is InChI=1S/C13H14N4/c1-10-16-12(13(9-14)17(10)2)7-6-11-5-3-4-8-15-11/h3-5,8H,6-7H2,1-2H3. The first-order chi connectivity index (χ1) is 8.22. The van der Waals surface area contributed by atoms with Crippen molar-refractivity contribution in [2.45, 2.75) is 19.8 Å². The van der Waals surface area contributed by atoms with Gasteiger partial charge in [0.05, 0.1) is 5.69 Å². The molecule has 2 aromatic rings. The fraction of sp³-hybridized carbons (Fsp3) is 0.308. The van der Waals surface area contributed by atoms with Gasteiger partial charge in [-0.25, -0.2) is 4.98 Å². The first kappa shape index (κ1) is 11.3. The van der Waals surface area contributed by atoms with Crippen LogP contribution in [0.3, 0.4) is 0 Å². The second-order valence-corrected chi connectivity index (χ2v) is 3.95. The van der Waals surface area contributed by atoms with E-state index in [-0.39, 0.29) is 0 Å². The van der Waals surface area contributed by atoms with Crippen molar-refractivity contribution < 1.29 is 0 Å². The van der Waals surface area contributed by atoms with E-state index in [1.807, 2.05) is 36.7 Å². The summed E-state index contributed by atoms with van der Waals surface area (Å²) in [5.74, 6) is 0.873. The topological polar surface area (TPSA) is 54.5 Å². The number of rotatable bonds is 3. The van der Waals surface area contributed by atoms with Crippen LogP contribution < -0.4 is 0 Å². The van der Waals surface area contributed by atoms with Gasteiger partial charge in [-0.05, 0) is 31.9 Å². The number of nitrogens with zero attached hydrogens (tertiary/aromatic N) is 4. The maximum Gasteiger partial charge on any atom is 0.143 e. The number of hydrogen-bond acceptors (Lipinski definition) is 3. The zero-order valence-corrected chi connectivity index (χ0v) is 10.0.